The molecule has 0 atom stereocenters. The van der Waals surface area contributed by atoms with E-state index in [0.29, 0.717) is 0 Å². The third kappa shape index (κ3) is 3.10. The lowest BCUT2D eigenvalue weighted by Crippen LogP contribution is -2.15. The molecule has 1 nitrogen and oxygen atoms in total. The van der Waals surface area contributed by atoms with Gasteiger partial charge in [0.05, 0.1) is 0 Å². The molecule has 3 rings (SSSR count). The molecule has 3 aromatic rings. The van der Waals surface area contributed by atoms with Crippen molar-refractivity contribution in [3.8, 4) is 0 Å². The molecule has 1 aromatic heterocycles. The standard InChI is InChI=1S/C24H32O/c1-22(2,3)15-10-13-19-16(14-15)20-17(23(4,5)6)11-12-18(21(20)25-19)24(7,8)9/h10-14H,1-9H3. The van der Waals surface area contributed by atoms with E-state index in [-0.39, 0.29) is 16.2 Å². The molecule has 0 saturated heterocycles. The van der Waals surface area contributed by atoms with Crippen LogP contribution in [-0.4, -0.2) is 0 Å². The number of benzene rings is 2. The summed E-state index contributed by atoms with van der Waals surface area (Å²) in [5.74, 6) is 0. The summed E-state index contributed by atoms with van der Waals surface area (Å²) in [7, 11) is 0. The molecule has 0 N–H and O–H groups in total. The van der Waals surface area contributed by atoms with Crippen LogP contribution in [0.2, 0.25) is 0 Å². The first-order valence-corrected chi connectivity index (χ1v) is 9.31. The van der Waals surface area contributed by atoms with E-state index in [4.69, 9.17) is 4.42 Å². The summed E-state index contributed by atoms with van der Waals surface area (Å²) in [6, 6.07) is 11.3. The highest BCUT2D eigenvalue weighted by molar-refractivity contribution is 6.08. The molecule has 2 aromatic carbocycles. The van der Waals surface area contributed by atoms with E-state index < -0.39 is 0 Å². The molecule has 1 heterocycles. The van der Waals surface area contributed by atoms with Crippen LogP contribution in [0, 0.1) is 0 Å². The van der Waals surface area contributed by atoms with Crippen LogP contribution in [0.25, 0.3) is 21.9 Å². The van der Waals surface area contributed by atoms with E-state index in [1.54, 1.807) is 0 Å². The van der Waals surface area contributed by atoms with Gasteiger partial charge in [0.15, 0.2) is 0 Å². The zero-order chi connectivity index (χ0) is 18.8. The molecule has 0 aliphatic carbocycles. The fraction of sp³-hybridized carbons (Fsp3) is 0.500. The molecule has 0 spiro atoms. The first kappa shape index (κ1) is 18.0. The van der Waals surface area contributed by atoms with E-state index in [0.717, 1.165) is 11.2 Å². The van der Waals surface area contributed by atoms with Crippen LogP contribution in [0.1, 0.15) is 79.0 Å². The van der Waals surface area contributed by atoms with Gasteiger partial charge in [-0.15, -0.1) is 0 Å². The molecule has 1 heteroatoms. The molecule has 0 aliphatic heterocycles. The Bertz CT molecular complexity index is 935. The quantitative estimate of drug-likeness (QED) is 0.415. The summed E-state index contributed by atoms with van der Waals surface area (Å²) < 4.78 is 6.41. The Balaban J connectivity index is 2.50. The Morgan fingerprint density at radius 1 is 0.640 bits per heavy atom. The van der Waals surface area contributed by atoms with Crippen molar-refractivity contribution in [1.29, 1.82) is 0 Å². The van der Waals surface area contributed by atoms with E-state index in [1.807, 2.05) is 0 Å². The van der Waals surface area contributed by atoms with E-state index in [9.17, 15) is 0 Å². The van der Waals surface area contributed by atoms with Crippen LogP contribution in [0.3, 0.4) is 0 Å². The van der Waals surface area contributed by atoms with Gasteiger partial charge in [-0.05, 0) is 39.5 Å². The molecule has 0 amide bonds. The second-order valence-corrected chi connectivity index (χ2v) is 10.4. The average molecular weight is 337 g/mol. The maximum absolute atomic E-state index is 6.41. The maximum Gasteiger partial charge on any atom is 0.139 e. The van der Waals surface area contributed by atoms with Crippen LogP contribution < -0.4 is 0 Å². The average Bonchev–Trinajstić information content (AvgIpc) is 2.81. The second kappa shape index (κ2) is 5.37. The molecule has 0 unspecified atom stereocenters. The summed E-state index contributed by atoms with van der Waals surface area (Å²) in [5, 5.41) is 2.54. The van der Waals surface area contributed by atoms with Gasteiger partial charge >= 0.3 is 0 Å². The molecule has 0 saturated carbocycles. The highest BCUT2D eigenvalue weighted by Crippen LogP contribution is 2.42. The monoisotopic (exact) mass is 336 g/mol. The highest BCUT2D eigenvalue weighted by Gasteiger charge is 2.27. The van der Waals surface area contributed by atoms with E-state index >= 15 is 0 Å². The summed E-state index contributed by atoms with van der Waals surface area (Å²) in [6.45, 7) is 20.4. The third-order valence-corrected chi connectivity index (χ3v) is 5.10. The Hall–Kier alpha value is -1.76. The second-order valence-electron chi connectivity index (χ2n) is 10.4. The Morgan fingerprint density at radius 2 is 1.20 bits per heavy atom. The Labute approximate surface area is 152 Å². The van der Waals surface area contributed by atoms with Crippen LogP contribution in [0.4, 0.5) is 0 Å². The van der Waals surface area contributed by atoms with Gasteiger partial charge in [-0.2, -0.15) is 0 Å². The number of furan rings is 1. The van der Waals surface area contributed by atoms with Crippen LogP contribution in [0.15, 0.2) is 34.7 Å². The Kier molecular flexibility index (Phi) is 3.87. The fourth-order valence-electron chi connectivity index (χ4n) is 3.56. The smallest absolute Gasteiger partial charge is 0.139 e. The lowest BCUT2D eigenvalue weighted by atomic mass is 9.79. The van der Waals surface area contributed by atoms with Gasteiger partial charge in [0, 0.05) is 16.3 Å². The predicted octanol–water partition coefficient (Wildman–Crippen LogP) is 7.48. The predicted molar refractivity (Wildman–Crippen MR) is 110 cm³/mol. The lowest BCUT2D eigenvalue weighted by Gasteiger charge is -2.24. The summed E-state index contributed by atoms with van der Waals surface area (Å²) in [5.41, 5.74) is 6.29. The lowest BCUT2D eigenvalue weighted by molar-refractivity contribution is 0.566. The molecule has 134 valence electrons. The summed E-state index contributed by atoms with van der Waals surface area (Å²) in [6.07, 6.45) is 0. The third-order valence-electron chi connectivity index (χ3n) is 5.10. The van der Waals surface area contributed by atoms with Crippen LogP contribution in [0.5, 0.6) is 0 Å². The molecule has 25 heavy (non-hydrogen) atoms. The normalized spacial score (nSPS) is 13.8. The van der Waals surface area contributed by atoms with Crippen LogP contribution in [-0.2, 0) is 16.2 Å². The van der Waals surface area contributed by atoms with Crippen molar-refractivity contribution >= 4 is 21.9 Å². The minimum atomic E-state index is 0.0510. The molecular weight excluding hydrogens is 304 g/mol. The van der Waals surface area contributed by atoms with Gasteiger partial charge in [0.25, 0.3) is 0 Å². The van der Waals surface area contributed by atoms with Crippen molar-refractivity contribution in [3.05, 3.63) is 47.0 Å². The van der Waals surface area contributed by atoms with Gasteiger partial charge in [-0.3, -0.25) is 0 Å². The minimum Gasteiger partial charge on any atom is -0.456 e. The van der Waals surface area contributed by atoms with Crippen molar-refractivity contribution in [2.75, 3.05) is 0 Å². The van der Waals surface area contributed by atoms with Crippen molar-refractivity contribution < 1.29 is 4.42 Å². The first-order chi connectivity index (χ1) is 11.3. The van der Waals surface area contributed by atoms with Gasteiger partial charge in [-0.25, -0.2) is 0 Å². The largest absolute Gasteiger partial charge is 0.456 e. The minimum absolute atomic E-state index is 0.0510. The zero-order valence-corrected chi connectivity index (χ0v) is 17.3. The SMILES string of the molecule is CC(C)(C)c1ccc2oc3c(C(C)(C)C)ccc(C(C)(C)C)c3c2c1. The zero-order valence-electron chi connectivity index (χ0n) is 17.3. The molecule has 0 aliphatic rings. The number of hydrogen-bond acceptors (Lipinski definition) is 1. The van der Waals surface area contributed by atoms with Crippen molar-refractivity contribution in [1.82, 2.24) is 0 Å². The molecular formula is C24H32O. The first-order valence-electron chi connectivity index (χ1n) is 9.31. The molecule has 0 radical (unpaired) electrons. The Morgan fingerprint density at radius 3 is 1.72 bits per heavy atom. The number of fused-ring (bicyclic) bond motifs is 3. The van der Waals surface area contributed by atoms with Gasteiger partial charge < -0.3 is 4.42 Å². The fourth-order valence-corrected chi connectivity index (χ4v) is 3.56. The highest BCUT2D eigenvalue weighted by atomic mass is 16.3. The van der Waals surface area contributed by atoms with Gasteiger partial charge in [-0.1, -0.05) is 80.5 Å². The molecule has 0 bridgehead atoms. The van der Waals surface area contributed by atoms with Crippen molar-refractivity contribution in [2.24, 2.45) is 0 Å². The summed E-state index contributed by atoms with van der Waals surface area (Å²) in [4.78, 5) is 0. The van der Waals surface area contributed by atoms with Crippen LogP contribution >= 0.6 is 0 Å². The van der Waals surface area contributed by atoms with E-state index in [1.165, 1.54) is 27.5 Å². The number of hydrogen-bond donors (Lipinski definition) is 0. The van der Waals surface area contributed by atoms with Crippen molar-refractivity contribution in [3.63, 3.8) is 0 Å². The van der Waals surface area contributed by atoms with Gasteiger partial charge in [0.2, 0.25) is 0 Å². The topological polar surface area (TPSA) is 13.1 Å². The van der Waals surface area contributed by atoms with Gasteiger partial charge in [0.1, 0.15) is 11.2 Å². The maximum atomic E-state index is 6.41. The van der Waals surface area contributed by atoms with Crippen molar-refractivity contribution in [2.45, 2.75) is 78.6 Å². The van der Waals surface area contributed by atoms with E-state index in [2.05, 4.69) is 92.6 Å². The molecule has 0 fully saturated rings. The number of rotatable bonds is 0. The summed E-state index contributed by atoms with van der Waals surface area (Å²) >= 11 is 0.